The summed E-state index contributed by atoms with van der Waals surface area (Å²) in [6.07, 6.45) is 6.44. The summed E-state index contributed by atoms with van der Waals surface area (Å²) in [5, 5.41) is 3.09. The van der Waals surface area contributed by atoms with Crippen LogP contribution in [0.5, 0.6) is 0 Å². The van der Waals surface area contributed by atoms with Gasteiger partial charge in [0.15, 0.2) is 5.78 Å². The average molecular weight is 297 g/mol. The molecule has 0 saturated heterocycles. The van der Waals surface area contributed by atoms with E-state index in [9.17, 15) is 9.59 Å². The lowest BCUT2D eigenvalue weighted by Crippen LogP contribution is -2.49. The van der Waals surface area contributed by atoms with Crippen LogP contribution in [-0.2, 0) is 4.79 Å². The molecule has 0 heterocycles. The Hall–Kier alpha value is -1.64. The summed E-state index contributed by atoms with van der Waals surface area (Å²) in [4.78, 5) is 24.0. The molecule has 0 radical (unpaired) electrons. The SMILES string of the molecule is CC(=O)c1ccc(NC(=O)C2C3CC4CC(C3)CC2C4)cc1. The Kier molecular flexibility index (Phi) is 3.32. The van der Waals surface area contributed by atoms with E-state index in [1.165, 1.54) is 32.1 Å². The van der Waals surface area contributed by atoms with Crippen molar-refractivity contribution in [2.75, 3.05) is 5.32 Å². The molecule has 0 aromatic heterocycles. The maximum absolute atomic E-state index is 12.7. The standard InChI is InChI=1S/C19H23NO2/c1-11(21)14-2-4-17(5-3-14)20-19(22)18-15-7-12-6-13(9-15)10-16(18)8-12/h2-5,12-13,15-16,18H,6-10H2,1H3,(H,20,22). The van der Waals surface area contributed by atoms with Crippen molar-refractivity contribution in [3.05, 3.63) is 29.8 Å². The molecule has 0 atom stereocenters. The second-order valence-corrected chi connectivity index (χ2v) is 7.58. The molecular formula is C19H23NO2. The number of rotatable bonds is 3. The van der Waals surface area contributed by atoms with Crippen molar-refractivity contribution in [2.45, 2.75) is 39.0 Å². The number of anilines is 1. The van der Waals surface area contributed by atoms with Gasteiger partial charge in [-0.1, -0.05) is 0 Å². The van der Waals surface area contributed by atoms with E-state index < -0.39 is 0 Å². The van der Waals surface area contributed by atoms with Crippen LogP contribution in [0.3, 0.4) is 0 Å². The van der Waals surface area contributed by atoms with E-state index >= 15 is 0 Å². The van der Waals surface area contributed by atoms with E-state index in [0.29, 0.717) is 17.4 Å². The minimum atomic E-state index is 0.0546. The molecule has 3 nitrogen and oxygen atoms in total. The van der Waals surface area contributed by atoms with Crippen molar-refractivity contribution >= 4 is 17.4 Å². The van der Waals surface area contributed by atoms with Crippen LogP contribution in [0.4, 0.5) is 5.69 Å². The number of carbonyl (C=O) groups excluding carboxylic acids is 2. The van der Waals surface area contributed by atoms with Crippen molar-refractivity contribution in [2.24, 2.45) is 29.6 Å². The van der Waals surface area contributed by atoms with Crippen LogP contribution in [0.25, 0.3) is 0 Å². The lowest BCUT2D eigenvalue weighted by molar-refractivity contribution is -0.132. The molecule has 1 N–H and O–H groups in total. The molecule has 3 heteroatoms. The molecular weight excluding hydrogens is 274 g/mol. The second-order valence-electron chi connectivity index (χ2n) is 7.58. The van der Waals surface area contributed by atoms with E-state index in [1.54, 1.807) is 19.1 Å². The van der Waals surface area contributed by atoms with Crippen LogP contribution in [0.1, 0.15) is 49.4 Å². The zero-order valence-corrected chi connectivity index (χ0v) is 13.0. The summed E-state index contributed by atoms with van der Waals surface area (Å²) in [6, 6.07) is 7.25. The van der Waals surface area contributed by atoms with Crippen LogP contribution in [-0.4, -0.2) is 11.7 Å². The van der Waals surface area contributed by atoms with Gasteiger partial charge in [0, 0.05) is 17.2 Å². The number of Topliss-reactive ketones (excluding diaryl/α,β-unsaturated/α-hetero) is 1. The molecule has 1 amide bonds. The fraction of sp³-hybridized carbons (Fsp3) is 0.579. The van der Waals surface area contributed by atoms with Gasteiger partial charge in [0.05, 0.1) is 0 Å². The third kappa shape index (κ3) is 2.37. The van der Waals surface area contributed by atoms with E-state index in [-0.39, 0.29) is 17.6 Å². The zero-order chi connectivity index (χ0) is 15.3. The fourth-order valence-electron chi connectivity index (χ4n) is 5.37. The first-order valence-corrected chi connectivity index (χ1v) is 8.52. The summed E-state index contributed by atoms with van der Waals surface area (Å²) >= 11 is 0. The topological polar surface area (TPSA) is 46.2 Å². The largest absolute Gasteiger partial charge is 0.326 e. The van der Waals surface area contributed by atoms with Crippen molar-refractivity contribution in [1.82, 2.24) is 0 Å². The predicted molar refractivity (Wildman–Crippen MR) is 85.6 cm³/mol. The molecule has 4 saturated carbocycles. The first-order valence-electron chi connectivity index (χ1n) is 8.52. The third-order valence-electron chi connectivity index (χ3n) is 6.09. The zero-order valence-electron chi connectivity index (χ0n) is 13.0. The van der Waals surface area contributed by atoms with E-state index in [4.69, 9.17) is 0 Å². The molecule has 1 aromatic rings. The summed E-state index contributed by atoms with van der Waals surface area (Å²) in [5.41, 5.74) is 1.50. The number of nitrogens with one attached hydrogen (secondary N) is 1. The normalized spacial score (nSPS) is 35.4. The lowest BCUT2D eigenvalue weighted by Gasteiger charge is -2.53. The van der Waals surface area contributed by atoms with E-state index in [1.807, 2.05) is 12.1 Å². The highest BCUT2D eigenvalue weighted by molar-refractivity contribution is 5.96. The predicted octanol–water partition coefficient (Wildman–Crippen LogP) is 3.90. The molecule has 4 aliphatic carbocycles. The fourth-order valence-corrected chi connectivity index (χ4v) is 5.37. The number of ketones is 1. The number of hydrogen-bond acceptors (Lipinski definition) is 2. The molecule has 0 aliphatic heterocycles. The average Bonchev–Trinajstić information content (AvgIpc) is 2.46. The molecule has 22 heavy (non-hydrogen) atoms. The molecule has 1 aromatic carbocycles. The first kappa shape index (κ1) is 14.0. The number of amides is 1. The Labute approximate surface area is 131 Å². The van der Waals surface area contributed by atoms with Crippen LogP contribution in [0.15, 0.2) is 24.3 Å². The molecule has 0 spiro atoms. The maximum atomic E-state index is 12.7. The van der Waals surface area contributed by atoms with Gasteiger partial charge in [-0.15, -0.1) is 0 Å². The number of hydrogen-bond donors (Lipinski definition) is 1. The molecule has 4 fully saturated rings. The summed E-state index contributed by atoms with van der Waals surface area (Å²) in [5.74, 6) is 3.45. The highest BCUT2D eigenvalue weighted by Gasteiger charge is 2.50. The Bertz CT molecular complexity index is 576. The summed E-state index contributed by atoms with van der Waals surface area (Å²) in [7, 11) is 0. The molecule has 0 unspecified atom stereocenters. The van der Waals surface area contributed by atoms with Gasteiger partial charge >= 0.3 is 0 Å². The molecule has 5 rings (SSSR count). The quantitative estimate of drug-likeness (QED) is 0.860. The highest BCUT2D eigenvalue weighted by atomic mass is 16.2. The van der Waals surface area contributed by atoms with Crippen molar-refractivity contribution in [3.8, 4) is 0 Å². The van der Waals surface area contributed by atoms with Gasteiger partial charge < -0.3 is 5.32 Å². The third-order valence-corrected chi connectivity index (χ3v) is 6.09. The van der Waals surface area contributed by atoms with Gasteiger partial charge in [0.1, 0.15) is 0 Å². The van der Waals surface area contributed by atoms with Crippen molar-refractivity contribution in [3.63, 3.8) is 0 Å². The van der Waals surface area contributed by atoms with Gasteiger partial charge in [-0.3, -0.25) is 9.59 Å². The number of carbonyl (C=O) groups is 2. The number of benzene rings is 1. The van der Waals surface area contributed by atoms with E-state index in [0.717, 1.165) is 17.5 Å². The highest BCUT2D eigenvalue weighted by Crippen LogP contribution is 2.56. The van der Waals surface area contributed by atoms with Gasteiger partial charge in [-0.2, -0.15) is 0 Å². The smallest absolute Gasteiger partial charge is 0.228 e. The van der Waals surface area contributed by atoms with Crippen LogP contribution < -0.4 is 5.32 Å². The van der Waals surface area contributed by atoms with Crippen LogP contribution >= 0.6 is 0 Å². The minimum absolute atomic E-state index is 0.0546. The van der Waals surface area contributed by atoms with Gasteiger partial charge in [0.25, 0.3) is 0 Å². The molecule has 4 aliphatic rings. The molecule has 4 bridgehead atoms. The monoisotopic (exact) mass is 297 g/mol. The van der Waals surface area contributed by atoms with Crippen molar-refractivity contribution in [1.29, 1.82) is 0 Å². The van der Waals surface area contributed by atoms with E-state index in [2.05, 4.69) is 5.32 Å². The second kappa shape index (κ2) is 5.22. The Morgan fingerprint density at radius 2 is 1.45 bits per heavy atom. The molecule has 116 valence electrons. The maximum Gasteiger partial charge on any atom is 0.228 e. The van der Waals surface area contributed by atoms with Crippen LogP contribution in [0.2, 0.25) is 0 Å². The van der Waals surface area contributed by atoms with Crippen LogP contribution in [0, 0.1) is 29.6 Å². The summed E-state index contributed by atoms with van der Waals surface area (Å²) < 4.78 is 0. The Morgan fingerprint density at radius 3 is 1.95 bits per heavy atom. The lowest BCUT2D eigenvalue weighted by atomic mass is 9.51. The van der Waals surface area contributed by atoms with Gasteiger partial charge in [-0.05, 0) is 87.0 Å². The summed E-state index contributed by atoms with van der Waals surface area (Å²) in [6.45, 7) is 1.56. The van der Waals surface area contributed by atoms with Crippen molar-refractivity contribution < 1.29 is 9.59 Å². The van der Waals surface area contributed by atoms with Gasteiger partial charge in [0.2, 0.25) is 5.91 Å². The Balaban J connectivity index is 1.47. The minimum Gasteiger partial charge on any atom is -0.326 e. The first-order chi connectivity index (χ1) is 10.6. The van der Waals surface area contributed by atoms with Gasteiger partial charge in [-0.25, -0.2) is 0 Å². The Morgan fingerprint density at radius 1 is 0.909 bits per heavy atom.